The van der Waals surface area contributed by atoms with Gasteiger partial charge in [-0.25, -0.2) is 9.59 Å². The van der Waals surface area contributed by atoms with Gasteiger partial charge >= 0.3 is 12.1 Å². The van der Waals surface area contributed by atoms with Gasteiger partial charge in [0.25, 0.3) is 0 Å². The van der Waals surface area contributed by atoms with E-state index in [1.165, 1.54) is 28.6 Å². The molecule has 0 aliphatic carbocycles. The van der Waals surface area contributed by atoms with E-state index in [-0.39, 0.29) is 122 Å². The summed E-state index contributed by atoms with van der Waals surface area (Å²) in [6.45, 7) is 17.7. The third-order valence-corrected chi connectivity index (χ3v) is 14.8. The summed E-state index contributed by atoms with van der Waals surface area (Å²) in [5.41, 5.74) is 6.26. The third kappa shape index (κ3) is 19.4. The fraction of sp³-hybridized carbons (Fsp3) is 0.717. The number of urea groups is 1. The molecule has 0 saturated carbocycles. The van der Waals surface area contributed by atoms with Crippen LogP contribution in [0.4, 0.5) is 15.3 Å². The van der Waals surface area contributed by atoms with Gasteiger partial charge in [-0.05, 0) is 79.7 Å². The van der Waals surface area contributed by atoms with Crippen LogP contribution in [0.1, 0.15) is 139 Å². The summed E-state index contributed by atoms with van der Waals surface area (Å²) >= 11 is 1.36. The molecule has 1 aromatic rings. The SMILES string of the molecule is CC[C@H](C)C([C@@H](CC)OC)N(C)C(=O)[C@@H](CC(=O)[C@H](C(C)C)N(C)C(=O)OCc1ccc(NC(=O)[C@H](CCCNC(N)=O)CC(=O)[C@@H](NC(=O)CCCCCN2C(=O)CC(SC)C2=O)C(C)C)cc1)C(C)C. The van der Waals surface area contributed by atoms with Crippen LogP contribution in [0.2, 0.25) is 0 Å². The maximum Gasteiger partial charge on any atom is 0.410 e. The second-order valence-corrected chi connectivity index (χ2v) is 21.3. The number of ketones is 2. The van der Waals surface area contributed by atoms with Crippen LogP contribution in [0, 0.1) is 35.5 Å². The largest absolute Gasteiger partial charge is 0.445 e. The van der Waals surface area contributed by atoms with Crippen molar-refractivity contribution in [3.63, 3.8) is 0 Å². The number of ether oxygens (including phenoxy) is 2. The molecule has 18 nitrogen and oxygen atoms in total. The Labute approximate surface area is 433 Å². The highest BCUT2D eigenvalue weighted by molar-refractivity contribution is 8.00. The van der Waals surface area contributed by atoms with Crippen molar-refractivity contribution in [2.45, 2.75) is 169 Å². The van der Waals surface area contributed by atoms with Crippen molar-refractivity contribution in [3.05, 3.63) is 29.8 Å². The highest BCUT2D eigenvalue weighted by atomic mass is 32.2. The van der Waals surface area contributed by atoms with Gasteiger partial charge < -0.3 is 41.0 Å². The molecule has 8 amide bonds. The van der Waals surface area contributed by atoms with Crippen molar-refractivity contribution in [1.82, 2.24) is 25.3 Å². The lowest BCUT2D eigenvalue weighted by atomic mass is 9.83. The van der Waals surface area contributed by atoms with E-state index in [1.54, 1.807) is 63.4 Å². The van der Waals surface area contributed by atoms with Crippen LogP contribution in [0.5, 0.6) is 0 Å². The monoisotopic (exact) mass is 1030 g/mol. The number of likely N-dealkylation sites (tertiary alicyclic amines) is 1. The molecule has 0 radical (unpaired) electrons. The zero-order valence-electron chi connectivity index (χ0n) is 45.4. The van der Waals surface area contributed by atoms with Gasteiger partial charge in [-0.3, -0.25) is 38.5 Å². The standard InChI is InChI=1S/C53H87N7O11S/c1-14-35(9)48(42(15-2)70-12)58(10)50(66)39(32(3)4)29-41(62)47(34(7)8)59(11)53(69)71-31-36-22-24-38(25-23-36)56-49(65)37(20-19-26-55-52(54)68)28-40(61)46(33(5)6)57-44(63)21-17-16-18-27-60-45(64)30-43(72-13)51(60)67/h22-25,32-35,37,39,42-43,46-48H,14-21,26-31H2,1-13H3,(H,56,65)(H,57,63)(H3,54,55,68)/t35-,37+,39-,42+,43?,46-,47-,48?/m0/s1. The summed E-state index contributed by atoms with van der Waals surface area (Å²) in [5, 5.41) is 7.88. The number of nitrogens with two attached hydrogens (primary N) is 1. The highest BCUT2D eigenvalue weighted by Crippen LogP contribution is 2.29. The number of carbonyl (C=O) groups is 9. The number of nitrogens with one attached hydrogen (secondary N) is 3. The van der Waals surface area contributed by atoms with Gasteiger partial charge in [0.05, 0.1) is 29.5 Å². The highest BCUT2D eigenvalue weighted by Gasteiger charge is 2.40. The first-order valence-electron chi connectivity index (χ1n) is 25.8. The molecule has 0 spiro atoms. The summed E-state index contributed by atoms with van der Waals surface area (Å²) in [6.07, 6.45) is 4.89. The molecule has 2 unspecified atom stereocenters. The summed E-state index contributed by atoms with van der Waals surface area (Å²) < 4.78 is 11.5. The molecule has 8 atom stereocenters. The van der Waals surface area contributed by atoms with Crippen molar-refractivity contribution in [1.29, 1.82) is 0 Å². The Balaban J connectivity index is 2.08. The minimum absolute atomic E-state index is 0.0453. The number of thioether (sulfide) groups is 1. The molecule has 5 N–H and O–H groups in total. The number of unbranched alkanes of at least 4 members (excludes halogenated alkanes) is 2. The molecule has 1 aliphatic heterocycles. The molecule has 1 aliphatic rings. The zero-order valence-corrected chi connectivity index (χ0v) is 46.2. The predicted octanol–water partition coefficient (Wildman–Crippen LogP) is 6.96. The van der Waals surface area contributed by atoms with E-state index in [4.69, 9.17) is 15.2 Å². The van der Waals surface area contributed by atoms with Crippen molar-refractivity contribution in [2.75, 3.05) is 45.9 Å². The molecule has 19 heteroatoms. The number of rotatable bonds is 33. The first-order chi connectivity index (χ1) is 33.9. The van der Waals surface area contributed by atoms with E-state index < -0.39 is 42.0 Å². The first-order valence-corrected chi connectivity index (χ1v) is 27.1. The minimum atomic E-state index is -0.856. The molecule has 406 valence electrons. The van der Waals surface area contributed by atoms with Crippen molar-refractivity contribution >= 4 is 70.7 Å². The van der Waals surface area contributed by atoms with Gasteiger partial charge in [-0.15, -0.1) is 0 Å². The number of nitrogens with zero attached hydrogens (tertiary/aromatic N) is 3. The Morgan fingerprint density at radius 1 is 0.833 bits per heavy atom. The van der Waals surface area contributed by atoms with Gasteiger partial charge in [0.2, 0.25) is 29.5 Å². The number of imide groups is 1. The molecule has 1 fully saturated rings. The first kappa shape index (κ1) is 63.1. The molecule has 2 rings (SSSR count). The van der Waals surface area contributed by atoms with Crippen LogP contribution in [0.25, 0.3) is 0 Å². The number of hydrogen-bond donors (Lipinski definition) is 4. The molecule has 1 heterocycles. The quantitative estimate of drug-likeness (QED) is 0.0412. The Morgan fingerprint density at radius 3 is 2.01 bits per heavy atom. The van der Waals surface area contributed by atoms with E-state index >= 15 is 0 Å². The number of amides is 8. The number of hydrogen-bond acceptors (Lipinski definition) is 12. The molecule has 0 aromatic heterocycles. The minimum Gasteiger partial charge on any atom is -0.445 e. The number of anilines is 1. The lowest BCUT2D eigenvalue weighted by Crippen LogP contribution is -2.52. The van der Waals surface area contributed by atoms with Gasteiger partial charge in [0, 0.05) is 77.5 Å². The smallest absolute Gasteiger partial charge is 0.410 e. The summed E-state index contributed by atoms with van der Waals surface area (Å²) in [4.78, 5) is 123. The van der Waals surface area contributed by atoms with E-state index in [0.29, 0.717) is 43.5 Å². The molecule has 72 heavy (non-hydrogen) atoms. The average Bonchev–Trinajstić information content (AvgIpc) is 3.61. The molecular weight excluding hydrogens is 943 g/mol. The van der Waals surface area contributed by atoms with Gasteiger partial charge in [-0.2, -0.15) is 11.8 Å². The lowest BCUT2D eigenvalue weighted by Gasteiger charge is -2.40. The molecule has 1 aromatic carbocycles. The maximum atomic E-state index is 14.1. The topological polar surface area (TPSA) is 244 Å². The van der Waals surface area contributed by atoms with E-state index in [1.807, 2.05) is 34.6 Å². The number of likely N-dealkylation sites (N-methyl/N-ethyl adjacent to an activating group) is 2. The fourth-order valence-corrected chi connectivity index (χ4v) is 10.0. The Hall–Kier alpha value is -5.04. The normalized spacial score (nSPS) is 16.7. The van der Waals surface area contributed by atoms with Crippen molar-refractivity contribution < 1.29 is 52.6 Å². The second-order valence-electron chi connectivity index (χ2n) is 20.3. The van der Waals surface area contributed by atoms with Crippen molar-refractivity contribution in [2.24, 2.45) is 41.2 Å². The Kier molecular flexibility index (Phi) is 27.6. The molecular formula is C53H87N7O11S. The summed E-state index contributed by atoms with van der Waals surface area (Å²) in [5.74, 6) is -3.75. The fourth-order valence-electron chi connectivity index (χ4n) is 9.39. The third-order valence-electron chi connectivity index (χ3n) is 13.9. The van der Waals surface area contributed by atoms with E-state index in [9.17, 15) is 43.2 Å². The van der Waals surface area contributed by atoms with E-state index in [0.717, 1.165) is 12.8 Å². The van der Waals surface area contributed by atoms with Crippen LogP contribution in [0.3, 0.4) is 0 Å². The Morgan fingerprint density at radius 2 is 1.49 bits per heavy atom. The summed E-state index contributed by atoms with van der Waals surface area (Å²) in [6, 6.07) is 4.04. The average molecular weight is 1030 g/mol. The number of carbonyl (C=O) groups excluding carboxylic acids is 9. The molecule has 1 saturated heterocycles. The lowest BCUT2D eigenvalue weighted by molar-refractivity contribution is -0.145. The number of methoxy groups -OCH3 is 1. The maximum absolute atomic E-state index is 14.1. The van der Waals surface area contributed by atoms with Crippen LogP contribution >= 0.6 is 11.8 Å². The number of Topliss-reactive ketones (excluding diaryl/α,β-unsaturated/α-hetero) is 2. The van der Waals surface area contributed by atoms with Crippen LogP contribution in [-0.2, 0) is 49.6 Å². The van der Waals surface area contributed by atoms with Gasteiger partial charge in [-0.1, -0.05) is 87.3 Å². The Bertz CT molecular complexity index is 1960. The van der Waals surface area contributed by atoms with Gasteiger partial charge in [0.1, 0.15) is 6.61 Å². The van der Waals surface area contributed by atoms with Crippen LogP contribution in [-0.4, -0.2) is 138 Å². The molecule has 0 bridgehead atoms. The van der Waals surface area contributed by atoms with Crippen LogP contribution in [0.15, 0.2) is 24.3 Å². The second kappa shape index (κ2) is 31.5. The number of primary amides is 1. The van der Waals surface area contributed by atoms with Gasteiger partial charge in [0.15, 0.2) is 11.6 Å². The predicted molar refractivity (Wildman–Crippen MR) is 281 cm³/mol. The van der Waals surface area contributed by atoms with E-state index in [2.05, 4.69) is 29.8 Å². The zero-order chi connectivity index (χ0) is 54.4. The van der Waals surface area contributed by atoms with Crippen LogP contribution < -0.4 is 21.7 Å². The van der Waals surface area contributed by atoms with Crippen molar-refractivity contribution in [3.8, 4) is 0 Å². The summed E-state index contributed by atoms with van der Waals surface area (Å²) in [7, 11) is 4.96. The number of benzene rings is 1.